The maximum absolute atomic E-state index is 9.68. The number of hydrazone groups is 1. The van der Waals surface area contributed by atoms with Crippen LogP contribution in [0.4, 0.5) is 5.69 Å². The van der Waals surface area contributed by atoms with Crippen molar-refractivity contribution in [3.63, 3.8) is 0 Å². The van der Waals surface area contributed by atoms with Crippen LogP contribution in [0, 0.1) is 0 Å². The summed E-state index contributed by atoms with van der Waals surface area (Å²) < 4.78 is 5.93. The lowest BCUT2D eigenvalue weighted by Gasteiger charge is -2.07. The molecule has 0 fully saturated rings. The van der Waals surface area contributed by atoms with E-state index >= 15 is 0 Å². The van der Waals surface area contributed by atoms with E-state index in [0.717, 1.165) is 15.9 Å². The number of halogens is 1. The molecule has 0 amide bonds. The van der Waals surface area contributed by atoms with Crippen molar-refractivity contribution < 1.29 is 9.84 Å². The molecule has 5 nitrogen and oxygen atoms in total. The first-order valence-electron chi connectivity index (χ1n) is 6.31. The fourth-order valence-corrected chi connectivity index (χ4v) is 2.17. The van der Waals surface area contributed by atoms with Gasteiger partial charge in [-0.2, -0.15) is 5.10 Å². The summed E-state index contributed by atoms with van der Waals surface area (Å²) in [7, 11) is 1.61. The number of methoxy groups -OCH3 is 1. The molecule has 0 saturated heterocycles. The SMILES string of the molecule is COc1ccc(NC(=S)N/N=C\c2cc(Br)ccc2O)cc1. The molecule has 114 valence electrons. The first kappa shape index (κ1) is 16.3. The molecule has 22 heavy (non-hydrogen) atoms. The molecule has 0 atom stereocenters. The van der Waals surface area contributed by atoms with Gasteiger partial charge in [-0.1, -0.05) is 15.9 Å². The highest BCUT2D eigenvalue weighted by atomic mass is 79.9. The summed E-state index contributed by atoms with van der Waals surface area (Å²) in [6.07, 6.45) is 1.49. The zero-order valence-corrected chi connectivity index (χ0v) is 14.1. The molecule has 0 heterocycles. The number of rotatable bonds is 4. The third-order valence-corrected chi connectivity index (χ3v) is 3.39. The number of hydrogen-bond acceptors (Lipinski definition) is 4. The molecule has 0 aliphatic rings. The van der Waals surface area contributed by atoms with Gasteiger partial charge in [0.2, 0.25) is 0 Å². The van der Waals surface area contributed by atoms with Crippen LogP contribution in [0.1, 0.15) is 5.56 Å². The number of phenolic OH excluding ortho intramolecular Hbond substituents is 1. The van der Waals surface area contributed by atoms with Crippen LogP contribution in [0.2, 0.25) is 0 Å². The Balaban J connectivity index is 1.91. The molecular formula is C15H14BrN3O2S. The largest absolute Gasteiger partial charge is 0.507 e. The van der Waals surface area contributed by atoms with Crippen LogP contribution in [0.25, 0.3) is 0 Å². The van der Waals surface area contributed by atoms with E-state index in [1.165, 1.54) is 6.21 Å². The lowest BCUT2D eigenvalue weighted by atomic mass is 10.2. The van der Waals surface area contributed by atoms with Gasteiger partial charge in [0.15, 0.2) is 5.11 Å². The van der Waals surface area contributed by atoms with Gasteiger partial charge in [-0.15, -0.1) is 0 Å². The third-order valence-electron chi connectivity index (χ3n) is 2.71. The Kier molecular flexibility index (Phi) is 5.74. The van der Waals surface area contributed by atoms with E-state index in [1.54, 1.807) is 25.3 Å². The molecule has 2 aromatic carbocycles. The van der Waals surface area contributed by atoms with Gasteiger partial charge in [-0.05, 0) is 54.7 Å². The number of hydrogen-bond donors (Lipinski definition) is 3. The van der Waals surface area contributed by atoms with Crippen molar-refractivity contribution in [2.75, 3.05) is 12.4 Å². The molecule has 2 aromatic rings. The highest BCUT2D eigenvalue weighted by Crippen LogP contribution is 2.20. The minimum atomic E-state index is 0.141. The highest BCUT2D eigenvalue weighted by Gasteiger charge is 2.00. The molecule has 2 rings (SSSR count). The Hall–Kier alpha value is -2.12. The molecule has 0 aliphatic heterocycles. The molecule has 0 spiro atoms. The summed E-state index contributed by atoms with van der Waals surface area (Å²) >= 11 is 8.46. The van der Waals surface area contributed by atoms with Gasteiger partial charge in [0.1, 0.15) is 11.5 Å². The molecular weight excluding hydrogens is 366 g/mol. The van der Waals surface area contributed by atoms with Crippen molar-refractivity contribution in [2.24, 2.45) is 5.10 Å². The lowest BCUT2D eigenvalue weighted by Crippen LogP contribution is -2.23. The van der Waals surface area contributed by atoms with Crippen molar-refractivity contribution in [3.8, 4) is 11.5 Å². The average Bonchev–Trinajstić information content (AvgIpc) is 2.51. The second-order valence-electron chi connectivity index (χ2n) is 4.26. The number of anilines is 1. The van der Waals surface area contributed by atoms with Gasteiger partial charge in [0.25, 0.3) is 0 Å². The normalized spacial score (nSPS) is 10.5. The van der Waals surface area contributed by atoms with Crippen molar-refractivity contribution in [1.82, 2.24) is 5.43 Å². The summed E-state index contributed by atoms with van der Waals surface area (Å²) in [5.41, 5.74) is 4.08. The maximum atomic E-state index is 9.68. The third kappa shape index (κ3) is 4.71. The van der Waals surface area contributed by atoms with Crippen molar-refractivity contribution >= 4 is 45.2 Å². The monoisotopic (exact) mass is 379 g/mol. The smallest absolute Gasteiger partial charge is 0.191 e. The quantitative estimate of drug-likeness (QED) is 0.431. The van der Waals surface area contributed by atoms with Gasteiger partial charge >= 0.3 is 0 Å². The van der Waals surface area contributed by atoms with E-state index in [-0.39, 0.29) is 5.75 Å². The predicted octanol–water partition coefficient (Wildman–Crippen LogP) is 3.48. The van der Waals surface area contributed by atoms with Crippen LogP contribution in [-0.4, -0.2) is 23.5 Å². The van der Waals surface area contributed by atoms with Gasteiger partial charge in [-0.3, -0.25) is 5.43 Å². The Morgan fingerprint density at radius 3 is 2.68 bits per heavy atom. The molecule has 0 bridgehead atoms. The van der Waals surface area contributed by atoms with E-state index in [2.05, 4.69) is 31.8 Å². The van der Waals surface area contributed by atoms with E-state index in [1.807, 2.05) is 24.3 Å². The van der Waals surface area contributed by atoms with Gasteiger partial charge in [0, 0.05) is 15.7 Å². The van der Waals surface area contributed by atoms with Crippen LogP contribution in [0.15, 0.2) is 52.0 Å². The van der Waals surface area contributed by atoms with Crippen LogP contribution < -0.4 is 15.5 Å². The van der Waals surface area contributed by atoms with Gasteiger partial charge in [-0.25, -0.2) is 0 Å². The summed E-state index contributed by atoms with van der Waals surface area (Å²) in [6.45, 7) is 0. The Morgan fingerprint density at radius 1 is 1.27 bits per heavy atom. The Morgan fingerprint density at radius 2 is 2.00 bits per heavy atom. The Bertz CT molecular complexity index is 690. The van der Waals surface area contributed by atoms with Crippen molar-refractivity contribution in [2.45, 2.75) is 0 Å². The van der Waals surface area contributed by atoms with E-state index in [0.29, 0.717) is 10.7 Å². The summed E-state index contributed by atoms with van der Waals surface area (Å²) in [6, 6.07) is 12.4. The minimum Gasteiger partial charge on any atom is -0.507 e. The van der Waals surface area contributed by atoms with Gasteiger partial charge < -0.3 is 15.2 Å². The number of ether oxygens (including phenoxy) is 1. The molecule has 0 aromatic heterocycles. The maximum Gasteiger partial charge on any atom is 0.191 e. The average molecular weight is 380 g/mol. The number of nitrogens with one attached hydrogen (secondary N) is 2. The van der Waals surface area contributed by atoms with Gasteiger partial charge in [0.05, 0.1) is 13.3 Å². The van der Waals surface area contributed by atoms with Crippen LogP contribution in [0.5, 0.6) is 11.5 Å². The lowest BCUT2D eigenvalue weighted by molar-refractivity contribution is 0.415. The number of nitrogens with zero attached hydrogens (tertiary/aromatic N) is 1. The highest BCUT2D eigenvalue weighted by molar-refractivity contribution is 9.10. The predicted molar refractivity (Wildman–Crippen MR) is 95.8 cm³/mol. The second-order valence-corrected chi connectivity index (χ2v) is 5.58. The summed E-state index contributed by atoms with van der Waals surface area (Å²) in [5, 5.41) is 17.0. The number of phenols is 1. The summed E-state index contributed by atoms with van der Waals surface area (Å²) in [5.74, 6) is 0.912. The molecule has 0 aliphatic carbocycles. The number of thiocarbonyl (C=S) groups is 1. The van der Waals surface area contributed by atoms with Crippen LogP contribution in [0.3, 0.4) is 0 Å². The zero-order valence-electron chi connectivity index (χ0n) is 11.7. The van der Waals surface area contributed by atoms with E-state index < -0.39 is 0 Å². The topological polar surface area (TPSA) is 65.9 Å². The molecule has 7 heteroatoms. The fraction of sp³-hybridized carbons (Fsp3) is 0.0667. The minimum absolute atomic E-state index is 0.141. The first-order chi connectivity index (χ1) is 10.6. The van der Waals surface area contributed by atoms with Crippen molar-refractivity contribution in [3.05, 3.63) is 52.5 Å². The first-order valence-corrected chi connectivity index (χ1v) is 7.51. The summed E-state index contributed by atoms with van der Waals surface area (Å²) in [4.78, 5) is 0. The number of aromatic hydroxyl groups is 1. The van der Waals surface area contributed by atoms with Crippen LogP contribution in [-0.2, 0) is 0 Å². The zero-order chi connectivity index (χ0) is 15.9. The molecule has 0 saturated carbocycles. The molecule has 0 unspecified atom stereocenters. The molecule has 3 N–H and O–H groups in total. The van der Waals surface area contributed by atoms with Crippen LogP contribution >= 0.6 is 28.1 Å². The standard InChI is InChI=1S/C15H14BrN3O2S/c1-21-13-5-3-12(4-6-13)18-15(22)19-17-9-10-8-11(16)2-7-14(10)20/h2-9,20H,1H3,(H2,18,19,22)/b17-9-. The second kappa shape index (κ2) is 7.77. The van der Waals surface area contributed by atoms with E-state index in [4.69, 9.17) is 17.0 Å². The van der Waals surface area contributed by atoms with Crippen molar-refractivity contribution in [1.29, 1.82) is 0 Å². The Labute approximate surface area is 142 Å². The number of benzene rings is 2. The van der Waals surface area contributed by atoms with E-state index in [9.17, 15) is 5.11 Å². The molecule has 0 radical (unpaired) electrons. The fourth-order valence-electron chi connectivity index (χ4n) is 1.62.